The van der Waals surface area contributed by atoms with Crippen LogP contribution in [0, 0.1) is 6.92 Å². The highest BCUT2D eigenvalue weighted by Crippen LogP contribution is 2.35. The molecule has 3 rings (SSSR count). The van der Waals surface area contributed by atoms with Crippen molar-refractivity contribution in [3.8, 4) is 17.4 Å². The Bertz CT molecular complexity index is 964. The minimum atomic E-state index is -4.61. The van der Waals surface area contributed by atoms with E-state index in [9.17, 15) is 13.2 Å². The molecule has 0 amide bonds. The van der Waals surface area contributed by atoms with Gasteiger partial charge in [0, 0.05) is 11.8 Å². The second-order valence-corrected chi connectivity index (χ2v) is 6.78. The van der Waals surface area contributed by atoms with Crippen LogP contribution < -0.4 is 9.47 Å². The summed E-state index contributed by atoms with van der Waals surface area (Å²) < 4.78 is 50.6. The Morgan fingerprint density at radius 2 is 1.64 bits per heavy atom. The summed E-state index contributed by atoms with van der Waals surface area (Å²) in [5.41, 5.74) is 0.993. The normalized spacial score (nSPS) is 11.3. The molecule has 8 heteroatoms. The van der Waals surface area contributed by atoms with Crippen LogP contribution in [0.3, 0.4) is 0 Å². The van der Waals surface area contributed by atoms with Gasteiger partial charge in [0.15, 0.2) is 22.3 Å². The van der Waals surface area contributed by atoms with Crippen LogP contribution in [0.5, 0.6) is 17.4 Å². The molecule has 0 unspecified atom stereocenters. The number of benzene rings is 2. The van der Waals surface area contributed by atoms with Gasteiger partial charge in [-0.1, -0.05) is 48.2 Å². The lowest BCUT2D eigenvalue weighted by Crippen LogP contribution is -2.10. The molecule has 0 aliphatic heterocycles. The minimum absolute atomic E-state index is 0.0111. The Labute approximate surface area is 164 Å². The molecule has 0 fully saturated rings. The highest BCUT2D eigenvalue weighted by atomic mass is 32.2. The first kappa shape index (κ1) is 20.0. The third-order valence-corrected chi connectivity index (χ3v) is 4.77. The van der Waals surface area contributed by atoms with Gasteiger partial charge in [0.05, 0.1) is 7.11 Å². The summed E-state index contributed by atoms with van der Waals surface area (Å²) >= 11 is 1.12. The molecule has 4 nitrogen and oxygen atoms in total. The molecule has 0 spiro atoms. The lowest BCUT2D eigenvalue weighted by Gasteiger charge is -2.13. The first-order chi connectivity index (χ1) is 13.4. The number of hydrogen-bond acceptors (Lipinski definition) is 5. The van der Waals surface area contributed by atoms with Crippen molar-refractivity contribution in [2.24, 2.45) is 0 Å². The van der Waals surface area contributed by atoms with Crippen molar-refractivity contribution in [3.05, 3.63) is 71.4 Å². The first-order valence-corrected chi connectivity index (χ1v) is 9.30. The fourth-order valence-corrected chi connectivity index (χ4v) is 3.32. The molecule has 0 radical (unpaired) electrons. The maximum absolute atomic E-state index is 13.3. The van der Waals surface area contributed by atoms with E-state index >= 15 is 0 Å². The van der Waals surface area contributed by atoms with Gasteiger partial charge < -0.3 is 9.47 Å². The van der Waals surface area contributed by atoms with Crippen LogP contribution in [0.1, 0.15) is 16.8 Å². The zero-order valence-electron chi connectivity index (χ0n) is 15.2. The summed E-state index contributed by atoms with van der Waals surface area (Å²) in [5, 5.41) is -0.0111. The summed E-state index contributed by atoms with van der Waals surface area (Å²) in [5.74, 6) is 0.914. The van der Waals surface area contributed by atoms with E-state index in [1.807, 2.05) is 31.2 Å². The average molecular weight is 406 g/mol. The van der Waals surface area contributed by atoms with Crippen molar-refractivity contribution in [2.75, 3.05) is 7.11 Å². The first-order valence-electron chi connectivity index (χ1n) is 8.31. The summed E-state index contributed by atoms with van der Waals surface area (Å²) in [6.07, 6.45) is -4.61. The second-order valence-electron chi connectivity index (χ2n) is 5.84. The van der Waals surface area contributed by atoms with Crippen LogP contribution in [-0.4, -0.2) is 17.1 Å². The topological polar surface area (TPSA) is 44.2 Å². The van der Waals surface area contributed by atoms with Crippen LogP contribution in [0.25, 0.3) is 0 Å². The third-order valence-electron chi connectivity index (χ3n) is 3.87. The number of ether oxygens (including phenoxy) is 2. The van der Waals surface area contributed by atoms with Gasteiger partial charge in [0.1, 0.15) is 0 Å². The predicted octanol–water partition coefficient (Wildman–Crippen LogP) is 5.90. The highest BCUT2D eigenvalue weighted by Gasteiger charge is 2.34. The fourth-order valence-electron chi connectivity index (χ4n) is 2.40. The predicted molar refractivity (Wildman–Crippen MR) is 101 cm³/mol. The van der Waals surface area contributed by atoms with Gasteiger partial charge in [-0.05, 0) is 30.2 Å². The Morgan fingerprint density at radius 1 is 0.964 bits per heavy atom. The second kappa shape index (κ2) is 8.52. The van der Waals surface area contributed by atoms with E-state index in [0.29, 0.717) is 11.5 Å². The largest absolute Gasteiger partial charge is 0.493 e. The molecule has 0 aliphatic carbocycles. The van der Waals surface area contributed by atoms with Crippen molar-refractivity contribution < 1.29 is 22.6 Å². The number of methoxy groups -OCH3 is 1. The molecule has 0 bridgehead atoms. The van der Waals surface area contributed by atoms with Crippen molar-refractivity contribution in [1.82, 2.24) is 9.97 Å². The Kier molecular flexibility index (Phi) is 6.08. The Hall–Kier alpha value is -2.74. The van der Waals surface area contributed by atoms with Crippen LogP contribution in [-0.2, 0) is 11.9 Å². The molecule has 0 N–H and O–H groups in total. The molecular formula is C20H17F3N2O2S. The minimum Gasteiger partial charge on any atom is -0.493 e. The van der Waals surface area contributed by atoms with Gasteiger partial charge in [-0.15, -0.1) is 0 Å². The number of thioether (sulfide) groups is 1. The Morgan fingerprint density at radius 3 is 2.32 bits per heavy atom. The molecule has 0 saturated carbocycles. The molecule has 28 heavy (non-hydrogen) atoms. The standard InChI is InChI=1S/C20H17F3N2O2S/c1-13-7-3-4-8-14(13)12-28-19-24-17(20(21,22)23)11-18(25-19)27-16-10-6-5-9-15(16)26-2/h3-11H,12H2,1-2H3. The van der Waals surface area contributed by atoms with E-state index in [1.54, 1.807) is 24.3 Å². The Balaban J connectivity index is 1.90. The fraction of sp³-hybridized carbons (Fsp3) is 0.200. The molecule has 1 heterocycles. The van der Waals surface area contributed by atoms with Crippen molar-refractivity contribution in [3.63, 3.8) is 0 Å². The number of rotatable bonds is 6. The van der Waals surface area contributed by atoms with E-state index in [1.165, 1.54) is 7.11 Å². The number of nitrogens with zero attached hydrogens (tertiary/aromatic N) is 2. The van der Waals surface area contributed by atoms with Crippen molar-refractivity contribution >= 4 is 11.8 Å². The molecule has 0 aliphatic rings. The van der Waals surface area contributed by atoms with E-state index in [0.717, 1.165) is 29.0 Å². The van der Waals surface area contributed by atoms with Crippen molar-refractivity contribution in [1.29, 1.82) is 0 Å². The summed E-state index contributed by atoms with van der Waals surface area (Å²) in [4.78, 5) is 7.79. The van der Waals surface area contributed by atoms with Crippen LogP contribution in [0.15, 0.2) is 59.8 Å². The molecule has 0 atom stereocenters. The zero-order valence-corrected chi connectivity index (χ0v) is 16.0. The maximum Gasteiger partial charge on any atom is 0.433 e. The van der Waals surface area contributed by atoms with E-state index in [4.69, 9.17) is 9.47 Å². The lowest BCUT2D eigenvalue weighted by atomic mass is 10.1. The molecule has 3 aromatic rings. The monoisotopic (exact) mass is 406 g/mol. The van der Waals surface area contributed by atoms with Crippen molar-refractivity contribution in [2.45, 2.75) is 24.0 Å². The van der Waals surface area contributed by atoms with Crippen LogP contribution in [0.4, 0.5) is 13.2 Å². The van der Waals surface area contributed by atoms with Crippen LogP contribution >= 0.6 is 11.8 Å². The van der Waals surface area contributed by atoms with Gasteiger partial charge in [-0.3, -0.25) is 0 Å². The molecular weight excluding hydrogens is 389 g/mol. The molecule has 2 aromatic carbocycles. The van der Waals surface area contributed by atoms with Crippen LogP contribution in [0.2, 0.25) is 0 Å². The number of alkyl halides is 3. The summed E-state index contributed by atoms with van der Waals surface area (Å²) in [7, 11) is 1.45. The van der Waals surface area contributed by atoms with Gasteiger partial charge in [-0.2, -0.15) is 18.2 Å². The third kappa shape index (κ3) is 4.95. The summed E-state index contributed by atoms with van der Waals surface area (Å²) in [6, 6.07) is 15.1. The van der Waals surface area contributed by atoms with E-state index in [2.05, 4.69) is 9.97 Å². The van der Waals surface area contributed by atoms with Gasteiger partial charge in [0.2, 0.25) is 5.88 Å². The smallest absolute Gasteiger partial charge is 0.433 e. The zero-order chi connectivity index (χ0) is 20.1. The quantitative estimate of drug-likeness (QED) is 0.377. The van der Waals surface area contributed by atoms with Gasteiger partial charge in [-0.25, -0.2) is 4.98 Å². The van der Waals surface area contributed by atoms with Gasteiger partial charge in [0.25, 0.3) is 0 Å². The number of aromatic nitrogens is 2. The maximum atomic E-state index is 13.3. The average Bonchev–Trinajstić information content (AvgIpc) is 2.67. The molecule has 1 aromatic heterocycles. The van der Waals surface area contributed by atoms with E-state index in [-0.39, 0.29) is 16.8 Å². The number of aryl methyl sites for hydroxylation is 1. The lowest BCUT2D eigenvalue weighted by molar-refractivity contribution is -0.141. The molecule has 0 saturated heterocycles. The number of hydrogen-bond donors (Lipinski definition) is 0. The summed E-state index contributed by atoms with van der Waals surface area (Å²) in [6.45, 7) is 1.94. The SMILES string of the molecule is COc1ccccc1Oc1cc(C(F)(F)F)nc(SCc2ccccc2C)n1. The number of para-hydroxylation sites is 2. The molecule has 146 valence electrons. The van der Waals surface area contributed by atoms with E-state index < -0.39 is 11.9 Å². The number of halogens is 3. The highest BCUT2D eigenvalue weighted by molar-refractivity contribution is 7.98. The van der Waals surface area contributed by atoms with Gasteiger partial charge >= 0.3 is 6.18 Å².